The summed E-state index contributed by atoms with van der Waals surface area (Å²) in [6.07, 6.45) is 0.510. The van der Waals surface area contributed by atoms with Gasteiger partial charge in [0, 0.05) is 12.6 Å². The second-order valence-corrected chi connectivity index (χ2v) is 6.47. The van der Waals surface area contributed by atoms with Crippen LogP contribution >= 0.6 is 0 Å². The molecule has 0 aliphatic carbocycles. The van der Waals surface area contributed by atoms with Gasteiger partial charge in [-0.1, -0.05) is 32.9 Å². The van der Waals surface area contributed by atoms with Gasteiger partial charge in [-0.2, -0.15) is 0 Å². The first-order valence-corrected chi connectivity index (χ1v) is 7.08. The van der Waals surface area contributed by atoms with Gasteiger partial charge < -0.3 is 20.5 Å². The lowest BCUT2D eigenvalue weighted by Crippen LogP contribution is -2.45. The maximum atomic E-state index is 11.7. The molecule has 6 heteroatoms. The molecule has 0 fully saturated rings. The molecular weight excluding hydrogens is 272 g/mol. The number of nitrogens with one attached hydrogen (secondary N) is 2. The van der Waals surface area contributed by atoms with Crippen molar-refractivity contribution in [3.8, 4) is 0 Å². The minimum Gasteiger partial charge on any atom is -0.481 e. The molecular formula is C15H28N2O4. The Labute approximate surface area is 126 Å². The average Bonchev–Trinajstić information content (AvgIpc) is 2.24. The van der Waals surface area contributed by atoms with Crippen LogP contribution < -0.4 is 10.6 Å². The molecule has 0 radical (unpaired) electrons. The number of ether oxygens (including phenoxy) is 1. The van der Waals surface area contributed by atoms with Gasteiger partial charge in [0.2, 0.25) is 0 Å². The van der Waals surface area contributed by atoms with Gasteiger partial charge in [-0.05, 0) is 18.8 Å². The fourth-order valence-electron chi connectivity index (χ4n) is 1.84. The van der Waals surface area contributed by atoms with Crippen LogP contribution in [0.1, 0.15) is 40.5 Å². The second-order valence-electron chi connectivity index (χ2n) is 6.47. The van der Waals surface area contributed by atoms with Crippen molar-refractivity contribution in [1.29, 1.82) is 0 Å². The van der Waals surface area contributed by atoms with Gasteiger partial charge in [0.25, 0.3) is 0 Å². The van der Waals surface area contributed by atoms with Crippen molar-refractivity contribution in [3.05, 3.63) is 12.2 Å². The molecule has 0 aromatic carbocycles. The van der Waals surface area contributed by atoms with E-state index >= 15 is 0 Å². The Morgan fingerprint density at radius 2 is 1.95 bits per heavy atom. The molecule has 0 spiro atoms. The smallest absolute Gasteiger partial charge is 0.315 e. The van der Waals surface area contributed by atoms with Crippen molar-refractivity contribution < 1.29 is 19.4 Å². The largest absolute Gasteiger partial charge is 0.481 e. The minimum atomic E-state index is -0.922. The van der Waals surface area contributed by atoms with E-state index in [1.54, 1.807) is 0 Å². The molecule has 0 aliphatic heterocycles. The van der Waals surface area contributed by atoms with Crippen molar-refractivity contribution in [2.75, 3.05) is 19.8 Å². The highest BCUT2D eigenvalue weighted by molar-refractivity contribution is 5.75. The molecule has 0 aromatic rings. The number of carboxylic acids is 1. The third-order valence-corrected chi connectivity index (χ3v) is 2.50. The number of carbonyl (C=O) groups is 2. The Hall–Kier alpha value is -1.56. The van der Waals surface area contributed by atoms with Crippen LogP contribution in [0.25, 0.3) is 0 Å². The first-order valence-electron chi connectivity index (χ1n) is 7.08. The normalized spacial score (nSPS) is 12.6. The van der Waals surface area contributed by atoms with Gasteiger partial charge in [-0.25, -0.2) is 4.79 Å². The number of amides is 2. The first kappa shape index (κ1) is 19.4. The third-order valence-electron chi connectivity index (χ3n) is 2.50. The summed E-state index contributed by atoms with van der Waals surface area (Å²) in [4.78, 5) is 22.6. The van der Waals surface area contributed by atoms with Crippen LogP contribution in [0.4, 0.5) is 4.79 Å². The third kappa shape index (κ3) is 13.2. The van der Waals surface area contributed by atoms with Crippen molar-refractivity contribution >= 4 is 12.0 Å². The van der Waals surface area contributed by atoms with E-state index in [2.05, 4.69) is 17.2 Å². The van der Waals surface area contributed by atoms with Gasteiger partial charge in [-0.15, -0.1) is 0 Å². The van der Waals surface area contributed by atoms with Crippen LogP contribution in [-0.4, -0.2) is 42.9 Å². The summed E-state index contributed by atoms with van der Waals surface area (Å²) in [5.74, 6) is -0.922. The highest BCUT2D eigenvalue weighted by atomic mass is 16.5. The Bertz CT molecular complexity index is 361. The number of aliphatic carboxylic acids is 1. The molecule has 0 saturated heterocycles. The molecule has 0 heterocycles. The second kappa shape index (κ2) is 9.39. The Balaban J connectivity index is 4.09. The number of hydrogen-bond donors (Lipinski definition) is 3. The predicted octanol–water partition coefficient (Wildman–Crippen LogP) is 2.16. The van der Waals surface area contributed by atoms with Crippen molar-refractivity contribution in [2.45, 2.75) is 46.6 Å². The van der Waals surface area contributed by atoms with Crippen molar-refractivity contribution in [1.82, 2.24) is 10.6 Å². The predicted molar refractivity (Wildman–Crippen MR) is 82.3 cm³/mol. The molecule has 0 saturated carbocycles. The van der Waals surface area contributed by atoms with Crippen molar-refractivity contribution in [2.24, 2.45) is 5.41 Å². The molecule has 1 atom stereocenters. The highest BCUT2D eigenvalue weighted by Crippen LogP contribution is 2.22. The van der Waals surface area contributed by atoms with Crippen LogP contribution in [0.3, 0.4) is 0 Å². The Morgan fingerprint density at radius 1 is 1.33 bits per heavy atom. The minimum absolute atomic E-state index is 0.0575. The maximum absolute atomic E-state index is 11.7. The summed E-state index contributed by atoms with van der Waals surface area (Å²) in [5.41, 5.74) is 0.865. The molecule has 0 bridgehead atoms. The van der Waals surface area contributed by atoms with Crippen LogP contribution in [0, 0.1) is 5.41 Å². The monoisotopic (exact) mass is 300 g/mol. The zero-order valence-electron chi connectivity index (χ0n) is 13.5. The fraction of sp³-hybridized carbons (Fsp3) is 0.733. The molecule has 0 rings (SSSR count). The van der Waals surface area contributed by atoms with Gasteiger partial charge >= 0.3 is 12.0 Å². The van der Waals surface area contributed by atoms with Gasteiger partial charge in [0.05, 0.1) is 19.6 Å². The van der Waals surface area contributed by atoms with Crippen LogP contribution in [0.15, 0.2) is 12.2 Å². The summed E-state index contributed by atoms with van der Waals surface area (Å²) >= 11 is 0. The standard InChI is InChI=1S/C15H28N2O4/c1-11(2)10-21-7-6-16-14(20)17-12(8-13(18)19)9-15(3,4)5/h12H,1,6-10H2,2-5H3,(H,18,19)(H2,16,17,20). The lowest BCUT2D eigenvalue weighted by Gasteiger charge is -2.25. The quantitative estimate of drug-likeness (QED) is 0.450. The average molecular weight is 300 g/mol. The summed E-state index contributed by atoms with van der Waals surface area (Å²) < 4.78 is 5.26. The van der Waals surface area contributed by atoms with E-state index < -0.39 is 5.97 Å². The molecule has 2 amide bonds. The highest BCUT2D eigenvalue weighted by Gasteiger charge is 2.22. The first-order chi connectivity index (χ1) is 9.60. The number of hydrogen-bond acceptors (Lipinski definition) is 3. The Morgan fingerprint density at radius 3 is 2.43 bits per heavy atom. The van der Waals surface area contributed by atoms with E-state index in [9.17, 15) is 9.59 Å². The topological polar surface area (TPSA) is 87.7 Å². The van der Waals surface area contributed by atoms with E-state index in [1.165, 1.54) is 0 Å². The van der Waals surface area contributed by atoms with E-state index in [1.807, 2.05) is 27.7 Å². The van der Waals surface area contributed by atoms with E-state index in [0.29, 0.717) is 26.2 Å². The van der Waals surface area contributed by atoms with E-state index in [4.69, 9.17) is 9.84 Å². The number of carboxylic acid groups (broad SMARTS) is 1. The SMILES string of the molecule is C=C(C)COCCNC(=O)NC(CC(=O)O)CC(C)(C)C. The molecule has 21 heavy (non-hydrogen) atoms. The maximum Gasteiger partial charge on any atom is 0.315 e. The number of urea groups is 1. The van der Waals surface area contributed by atoms with E-state index in [0.717, 1.165) is 5.57 Å². The van der Waals surface area contributed by atoms with Gasteiger partial charge in [-0.3, -0.25) is 4.79 Å². The molecule has 1 unspecified atom stereocenters. The van der Waals surface area contributed by atoms with Crippen LogP contribution in [0.2, 0.25) is 0 Å². The van der Waals surface area contributed by atoms with E-state index in [-0.39, 0.29) is 23.9 Å². The van der Waals surface area contributed by atoms with Crippen LogP contribution in [0.5, 0.6) is 0 Å². The fourth-order valence-corrected chi connectivity index (χ4v) is 1.84. The van der Waals surface area contributed by atoms with Crippen molar-refractivity contribution in [3.63, 3.8) is 0 Å². The zero-order valence-corrected chi connectivity index (χ0v) is 13.5. The summed E-state index contributed by atoms with van der Waals surface area (Å²) in [7, 11) is 0. The lowest BCUT2D eigenvalue weighted by atomic mass is 9.87. The molecule has 0 aliphatic rings. The van der Waals surface area contributed by atoms with Crippen LogP contribution in [-0.2, 0) is 9.53 Å². The molecule has 0 aromatic heterocycles. The molecule has 3 N–H and O–H groups in total. The summed E-state index contributed by atoms with van der Waals surface area (Å²) in [6.45, 7) is 12.8. The zero-order chi connectivity index (χ0) is 16.5. The Kier molecular flexibility index (Phi) is 8.69. The van der Waals surface area contributed by atoms with Gasteiger partial charge in [0.15, 0.2) is 0 Å². The van der Waals surface area contributed by atoms with Gasteiger partial charge in [0.1, 0.15) is 0 Å². The molecule has 122 valence electrons. The summed E-state index contributed by atoms with van der Waals surface area (Å²) in [6, 6.07) is -0.761. The number of carbonyl (C=O) groups excluding carboxylic acids is 1. The lowest BCUT2D eigenvalue weighted by molar-refractivity contribution is -0.137. The summed E-state index contributed by atoms with van der Waals surface area (Å²) in [5, 5.41) is 14.2. The number of rotatable bonds is 9. The molecule has 6 nitrogen and oxygen atoms in total.